The van der Waals surface area contributed by atoms with Crippen LogP contribution in [0.15, 0.2) is 66.7 Å². The molecule has 0 saturated carbocycles. The molecule has 2 aromatic carbocycles. The van der Waals surface area contributed by atoms with Crippen LogP contribution < -0.4 is 10.6 Å². The van der Waals surface area contributed by atoms with Crippen molar-refractivity contribution >= 4 is 29.2 Å². The molecule has 2 amide bonds. The molecular weight excluding hydrogens is 377 g/mol. The van der Waals surface area contributed by atoms with Crippen molar-refractivity contribution in [3.63, 3.8) is 0 Å². The van der Waals surface area contributed by atoms with Crippen LogP contribution in [-0.2, 0) is 4.74 Å². The molecule has 29 heavy (non-hydrogen) atoms. The van der Waals surface area contributed by atoms with Gasteiger partial charge in [0.05, 0.1) is 18.4 Å². The third kappa shape index (κ3) is 4.81. The van der Waals surface area contributed by atoms with Crippen molar-refractivity contribution in [2.24, 2.45) is 0 Å². The van der Waals surface area contributed by atoms with Gasteiger partial charge in [0.15, 0.2) is 0 Å². The minimum Gasteiger partial charge on any atom is -0.465 e. The maximum Gasteiger partial charge on any atom is 0.339 e. The van der Waals surface area contributed by atoms with Gasteiger partial charge in [-0.05, 0) is 48.5 Å². The third-order valence-corrected chi connectivity index (χ3v) is 3.90. The Bertz CT molecular complexity index is 1070. The van der Waals surface area contributed by atoms with E-state index >= 15 is 0 Å². The first kappa shape index (κ1) is 19.7. The molecule has 8 heteroatoms. The quantitative estimate of drug-likeness (QED) is 0.647. The Morgan fingerprint density at radius 3 is 2.10 bits per heavy atom. The lowest BCUT2D eigenvalue weighted by atomic mass is 10.1. The highest BCUT2D eigenvalue weighted by atomic mass is 19.1. The molecule has 0 aliphatic carbocycles. The van der Waals surface area contributed by atoms with Crippen LogP contribution in [0.5, 0.6) is 0 Å². The van der Waals surface area contributed by atoms with Gasteiger partial charge in [-0.25, -0.2) is 14.2 Å². The van der Waals surface area contributed by atoms with Crippen LogP contribution in [0.1, 0.15) is 31.3 Å². The second-order valence-corrected chi connectivity index (χ2v) is 5.86. The largest absolute Gasteiger partial charge is 0.465 e. The van der Waals surface area contributed by atoms with E-state index in [1.54, 1.807) is 18.2 Å². The van der Waals surface area contributed by atoms with Gasteiger partial charge in [0.2, 0.25) is 0 Å². The molecule has 0 radical (unpaired) electrons. The molecular formula is C21H16FN3O4. The lowest BCUT2D eigenvalue weighted by Gasteiger charge is -2.10. The Balaban J connectivity index is 1.77. The topological polar surface area (TPSA) is 97.4 Å². The molecule has 0 aliphatic heterocycles. The Labute approximate surface area is 165 Å². The van der Waals surface area contributed by atoms with Crippen molar-refractivity contribution in [3.05, 3.63) is 89.5 Å². The maximum atomic E-state index is 13.0. The molecule has 0 bridgehead atoms. The Morgan fingerprint density at radius 1 is 0.828 bits per heavy atom. The number of carbonyl (C=O) groups is 3. The van der Waals surface area contributed by atoms with Crippen molar-refractivity contribution < 1.29 is 23.5 Å². The van der Waals surface area contributed by atoms with Gasteiger partial charge in [0.25, 0.3) is 11.8 Å². The van der Waals surface area contributed by atoms with E-state index in [0.717, 1.165) is 0 Å². The fourth-order valence-electron chi connectivity index (χ4n) is 2.48. The number of anilines is 2. The summed E-state index contributed by atoms with van der Waals surface area (Å²) in [6, 6.07) is 16.0. The number of carbonyl (C=O) groups excluding carboxylic acids is 3. The summed E-state index contributed by atoms with van der Waals surface area (Å²) in [5.74, 6) is -2.17. The zero-order valence-corrected chi connectivity index (χ0v) is 15.3. The predicted octanol–water partition coefficient (Wildman–Crippen LogP) is 3.51. The summed E-state index contributed by atoms with van der Waals surface area (Å²) < 4.78 is 17.7. The molecule has 1 heterocycles. The van der Waals surface area contributed by atoms with Crippen LogP contribution in [0.2, 0.25) is 0 Å². The second-order valence-electron chi connectivity index (χ2n) is 5.86. The molecule has 0 saturated heterocycles. The minimum atomic E-state index is -0.599. The summed E-state index contributed by atoms with van der Waals surface area (Å²) in [5.41, 5.74) is 0.820. The van der Waals surface area contributed by atoms with E-state index in [1.165, 1.54) is 55.6 Å². The third-order valence-electron chi connectivity index (χ3n) is 3.90. The summed E-state index contributed by atoms with van der Waals surface area (Å²) >= 11 is 0. The van der Waals surface area contributed by atoms with Gasteiger partial charge >= 0.3 is 5.97 Å². The molecule has 0 unspecified atom stereocenters. The number of nitrogens with zero attached hydrogens (tertiary/aromatic N) is 1. The Kier molecular flexibility index (Phi) is 5.94. The maximum absolute atomic E-state index is 13.0. The highest BCUT2D eigenvalue weighted by molar-refractivity contribution is 6.08. The van der Waals surface area contributed by atoms with Crippen LogP contribution in [0, 0.1) is 5.82 Å². The number of methoxy groups -OCH3 is 1. The summed E-state index contributed by atoms with van der Waals surface area (Å²) in [6.45, 7) is 0. The van der Waals surface area contributed by atoms with Gasteiger partial charge in [-0.15, -0.1) is 0 Å². The first-order valence-electron chi connectivity index (χ1n) is 8.50. The average Bonchev–Trinajstić information content (AvgIpc) is 2.75. The summed E-state index contributed by atoms with van der Waals surface area (Å²) in [5, 5.41) is 5.16. The van der Waals surface area contributed by atoms with Crippen LogP contribution in [0.25, 0.3) is 0 Å². The summed E-state index contributed by atoms with van der Waals surface area (Å²) in [4.78, 5) is 40.8. The number of hydrogen-bond acceptors (Lipinski definition) is 5. The molecule has 1 aromatic heterocycles. The van der Waals surface area contributed by atoms with Gasteiger partial charge in [-0.2, -0.15) is 0 Å². The zero-order chi connectivity index (χ0) is 20.8. The fraction of sp³-hybridized carbons (Fsp3) is 0.0476. The molecule has 0 aliphatic rings. The number of aromatic nitrogens is 1. The van der Waals surface area contributed by atoms with Crippen molar-refractivity contribution in [2.75, 3.05) is 17.7 Å². The minimum absolute atomic E-state index is 0.00299. The summed E-state index contributed by atoms with van der Waals surface area (Å²) in [7, 11) is 1.24. The van der Waals surface area contributed by atoms with Crippen LogP contribution in [0.3, 0.4) is 0 Å². The summed E-state index contributed by atoms with van der Waals surface area (Å²) in [6.07, 6.45) is 0. The lowest BCUT2D eigenvalue weighted by Crippen LogP contribution is -2.19. The van der Waals surface area contributed by atoms with E-state index < -0.39 is 23.6 Å². The van der Waals surface area contributed by atoms with Gasteiger partial charge < -0.3 is 15.4 Å². The predicted molar refractivity (Wildman–Crippen MR) is 104 cm³/mol. The lowest BCUT2D eigenvalue weighted by molar-refractivity contribution is 0.0601. The number of ether oxygens (including phenoxy) is 1. The standard InChI is InChI=1S/C21H16FN3O4/c1-29-21(28)15-5-2-3-6-16(15)25-20(27)18-8-4-7-17(24-18)19(26)23-14-11-9-13(22)10-12-14/h2-12H,1H3,(H,23,26)(H,25,27). The zero-order valence-electron chi connectivity index (χ0n) is 15.3. The number of nitrogens with one attached hydrogen (secondary N) is 2. The highest BCUT2D eigenvalue weighted by Crippen LogP contribution is 2.17. The molecule has 3 rings (SSSR count). The van der Waals surface area contributed by atoms with Crippen molar-refractivity contribution in [1.29, 1.82) is 0 Å². The van der Waals surface area contributed by atoms with Crippen molar-refractivity contribution in [2.45, 2.75) is 0 Å². The number of halogens is 1. The van der Waals surface area contributed by atoms with E-state index in [4.69, 9.17) is 4.74 Å². The van der Waals surface area contributed by atoms with Gasteiger partial charge in [0.1, 0.15) is 17.2 Å². The van der Waals surface area contributed by atoms with Gasteiger partial charge in [-0.1, -0.05) is 18.2 Å². The first-order valence-corrected chi connectivity index (χ1v) is 8.50. The first-order chi connectivity index (χ1) is 14.0. The molecule has 0 atom stereocenters. The molecule has 146 valence electrons. The normalized spacial score (nSPS) is 10.1. The van der Waals surface area contributed by atoms with E-state index in [-0.39, 0.29) is 22.6 Å². The van der Waals surface area contributed by atoms with E-state index in [2.05, 4.69) is 15.6 Å². The van der Waals surface area contributed by atoms with E-state index in [9.17, 15) is 18.8 Å². The van der Waals surface area contributed by atoms with Crippen molar-refractivity contribution in [1.82, 2.24) is 4.98 Å². The molecule has 0 spiro atoms. The average molecular weight is 393 g/mol. The van der Waals surface area contributed by atoms with Gasteiger partial charge in [-0.3, -0.25) is 9.59 Å². The second kappa shape index (κ2) is 8.75. The molecule has 2 N–H and O–H groups in total. The van der Waals surface area contributed by atoms with Crippen LogP contribution in [-0.4, -0.2) is 29.9 Å². The Morgan fingerprint density at radius 2 is 1.45 bits per heavy atom. The number of amides is 2. The number of hydrogen-bond donors (Lipinski definition) is 2. The highest BCUT2D eigenvalue weighted by Gasteiger charge is 2.16. The number of rotatable bonds is 5. The van der Waals surface area contributed by atoms with Gasteiger partial charge in [0, 0.05) is 5.69 Å². The van der Waals surface area contributed by atoms with Crippen molar-refractivity contribution in [3.8, 4) is 0 Å². The monoisotopic (exact) mass is 393 g/mol. The Hall–Kier alpha value is -4.07. The molecule has 0 fully saturated rings. The fourth-order valence-corrected chi connectivity index (χ4v) is 2.48. The van der Waals surface area contributed by atoms with Crippen LogP contribution >= 0.6 is 0 Å². The number of pyridine rings is 1. The number of para-hydroxylation sites is 1. The molecule has 3 aromatic rings. The van der Waals surface area contributed by atoms with Crippen LogP contribution in [0.4, 0.5) is 15.8 Å². The van der Waals surface area contributed by atoms with E-state index in [0.29, 0.717) is 5.69 Å². The SMILES string of the molecule is COC(=O)c1ccccc1NC(=O)c1cccc(C(=O)Nc2ccc(F)cc2)n1. The number of esters is 1. The number of benzene rings is 2. The smallest absolute Gasteiger partial charge is 0.339 e. The van der Waals surface area contributed by atoms with E-state index in [1.807, 2.05) is 0 Å². The molecule has 7 nitrogen and oxygen atoms in total.